The van der Waals surface area contributed by atoms with Gasteiger partial charge in [-0.25, -0.2) is 0 Å². The second-order valence-electron chi connectivity index (χ2n) is 5.12. The lowest BCUT2D eigenvalue weighted by Crippen LogP contribution is -2.67. The summed E-state index contributed by atoms with van der Waals surface area (Å²) in [5, 5.41) is 4.27. The smallest absolute Gasteiger partial charge is 0.246 e. The maximum Gasteiger partial charge on any atom is 0.246 e. The summed E-state index contributed by atoms with van der Waals surface area (Å²) in [6.07, 6.45) is 4.74. The fraction of sp³-hybridized carbons (Fsp3) is 0.667. The number of hydrogen-bond donors (Lipinski definition) is 1. The van der Waals surface area contributed by atoms with E-state index in [-0.39, 0.29) is 18.0 Å². The first-order valence-corrected chi connectivity index (χ1v) is 6.12. The van der Waals surface area contributed by atoms with Gasteiger partial charge in [0, 0.05) is 12.7 Å². The molecular formula is C12H20N4O. The summed E-state index contributed by atoms with van der Waals surface area (Å²) in [6.45, 7) is 7.21. The molecule has 1 amide bonds. The van der Waals surface area contributed by atoms with Gasteiger partial charge >= 0.3 is 0 Å². The number of aromatic nitrogens is 2. The number of carbonyl (C=O) groups excluding carboxylic acids is 1. The Morgan fingerprint density at radius 3 is 2.82 bits per heavy atom. The highest BCUT2D eigenvalue weighted by atomic mass is 16.2. The first-order valence-electron chi connectivity index (χ1n) is 6.12. The molecule has 0 saturated carbocycles. The average Bonchev–Trinajstić information content (AvgIpc) is 2.74. The maximum absolute atomic E-state index is 11.6. The highest BCUT2D eigenvalue weighted by Crippen LogP contribution is 2.26. The number of carbonyl (C=O) groups is 1. The quantitative estimate of drug-likeness (QED) is 0.793. The molecule has 1 aromatic heterocycles. The molecule has 0 bridgehead atoms. The first-order chi connectivity index (χ1) is 8.00. The summed E-state index contributed by atoms with van der Waals surface area (Å²) in [6, 6.07) is -0.278. The number of β-lactam (4-membered cyclic amide) rings is 1. The molecule has 1 saturated heterocycles. The molecule has 5 nitrogen and oxygen atoms in total. The molecule has 1 aliphatic rings. The summed E-state index contributed by atoms with van der Waals surface area (Å²) in [4.78, 5) is 13.3. The predicted molar refractivity (Wildman–Crippen MR) is 66.6 cm³/mol. The molecule has 1 aromatic rings. The van der Waals surface area contributed by atoms with Crippen molar-refractivity contribution in [3.8, 4) is 0 Å². The Morgan fingerprint density at radius 1 is 1.53 bits per heavy atom. The Kier molecular flexibility index (Phi) is 3.19. The number of nitrogens with zero attached hydrogens (tertiary/aromatic N) is 3. The standard InChI is InChI=1S/C12H20N4O/c1-8(2)4-5-15-7-10(6-14-15)16-9(3)11(13)12(16)17/h6-9,11H,4-5,13H2,1-3H3/t9-,11+/m1/s1. The monoisotopic (exact) mass is 236 g/mol. The van der Waals surface area contributed by atoms with Crippen molar-refractivity contribution in [1.29, 1.82) is 0 Å². The molecule has 5 heteroatoms. The van der Waals surface area contributed by atoms with Crippen molar-refractivity contribution < 1.29 is 4.79 Å². The van der Waals surface area contributed by atoms with Gasteiger partial charge in [0.05, 0.1) is 17.9 Å². The van der Waals surface area contributed by atoms with Crippen molar-refractivity contribution in [3.63, 3.8) is 0 Å². The van der Waals surface area contributed by atoms with Crippen LogP contribution in [0.1, 0.15) is 27.2 Å². The Balaban J connectivity index is 2.01. The molecule has 1 aliphatic heterocycles. The second kappa shape index (κ2) is 4.49. The van der Waals surface area contributed by atoms with Crippen molar-refractivity contribution >= 4 is 11.6 Å². The Bertz CT molecular complexity index is 412. The van der Waals surface area contributed by atoms with Crippen molar-refractivity contribution in [2.75, 3.05) is 4.90 Å². The third-order valence-corrected chi connectivity index (χ3v) is 3.28. The highest BCUT2D eigenvalue weighted by Gasteiger charge is 2.43. The van der Waals surface area contributed by atoms with Gasteiger partial charge in [-0.3, -0.25) is 9.48 Å². The largest absolute Gasteiger partial charge is 0.318 e. The molecule has 0 aromatic carbocycles. The predicted octanol–water partition coefficient (Wildman–Crippen LogP) is 0.992. The summed E-state index contributed by atoms with van der Waals surface area (Å²) in [5.41, 5.74) is 6.53. The van der Waals surface area contributed by atoms with Crippen LogP contribution in [0, 0.1) is 5.92 Å². The second-order valence-corrected chi connectivity index (χ2v) is 5.12. The van der Waals surface area contributed by atoms with E-state index < -0.39 is 0 Å². The van der Waals surface area contributed by atoms with Gasteiger partial charge in [0.15, 0.2) is 0 Å². The van der Waals surface area contributed by atoms with Gasteiger partial charge in [-0.05, 0) is 19.3 Å². The van der Waals surface area contributed by atoms with E-state index in [1.807, 2.05) is 17.8 Å². The zero-order valence-electron chi connectivity index (χ0n) is 10.6. The fourth-order valence-corrected chi connectivity index (χ4v) is 2.00. The summed E-state index contributed by atoms with van der Waals surface area (Å²) in [5.74, 6) is 0.640. The van der Waals surface area contributed by atoms with Crippen LogP contribution in [0.25, 0.3) is 0 Å². The van der Waals surface area contributed by atoms with Crippen LogP contribution in [-0.2, 0) is 11.3 Å². The molecule has 17 heavy (non-hydrogen) atoms. The Labute approximate surface area is 102 Å². The molecule has 94 valence electrons. The van der Waals surface area contributed by atoms with Crippen LogP contribution in [0.2, 0.25) is 0 Å². The normalized spacial score (nSPS) is 24.3. The van der Waals surface area contributed by atoms with Gasteiger partial charge in [0.25, 0.3) is 0 Å². The number of hydrogen-bond acceptors (Lipinski definition) is 3. The summed E-state index contributed by atoms with van der Waals surface area (Å²) in [7, 11) is 0. The number of aryl methyl sites for hydroxylation is 1. The Morgan fingerprint density at radius 2 is 2.24 bits per heavy atom. The highest BCUT2D eigenvalue weighted by molar-refractivity contribution is 6.05. The third-order valence-electron chi connectivity index (χ3n) is 3.28. The van der Waals surface area contributed by atoms with Gasteiger partial charge in [0.1, 0.15) is 6.04 Å². The van der Waals surface area contributed by atoms with E-state index in [9.17, 15) is 4.79 Å². The average molecular weight is 236 g/mol. The number of amides is 1. The van der Waals surface area contributed by atoms with Crippen LogP contribution in [0.3, 0.4) is 0 Å². The SMILES string of the molecule is CC(C)CCn1cc(N2C(=O)[C@@H](N)[C@H]2C)cn1. The molecule has 0 radical (unpaired) electrons. The first kappa shape index (κ1) is 12.1. The zero-order chi connectivity index (χ0) is 12.6. The van der Waals surface area contributed by atoms with Crippen LogP contribution in [0.4, 0.5) is 5.69 Å². The number of rotatable bonds is 4. The van der Waals surface area contributed by atoms with Gasteiger partial charge in [0.2, 0.25) is 5.91 Å². The lowest BCUT2D eigenvalue weighted by molar-refractivity contribution is -0.125. The summed E-state index contributed by atoms with van der Waals surface area (Å²) >= 11 is 0. The van der Waals surface area contributed by atoms with E-state index in [0.29, 0.717) is 5.92 Å². The third kappa shape index (κ3) is 2.20. The van der Waals surface area contributed by atoms with Crippen LogP contribution in [-0.4, -0.2) is 27.8 Å². The minimum Gasteiger partial charge on any atom is -0.318 e. The maximum atomic E-state index is 11.6. The lowest BCUT2D eigenvalue weighted by atomic mass is 9.97. The minimum atomic E-state index is -0.353. The van der Waals surface area contributed by atoms with E-state index in [1.165, 1.54) is 0 Å². The topological polar surface area (TPSA) is 64.2 Å². The van der Waals surface area contributed by atoms with Crippen LogP contribution in [0.5, 0.6) is 0 Å². The van der Waals surface area contributed by atoms with E-state index in [1.54, 1.807) is 11.1 Å². The molecule has 2 N–H and O–H groups in total. The van der Waals surface area contributed by atoms with Gasteiger partial charge in [-0.2, -0.15) is 5.10 Å². The molecule has 2 heterocycles. The molecule has 1 fully saturated rings. The van der Waals surface area contributed by atoms with E-state index in [4.69, 9.17) is 5.73 Å². The van der Waals surface area contributed by atoms with E-state index >= 15 is 0 Å². The zero-order valence-corrected chi connectivity index (χ0v) is 10.6. The van der Waals surface area contributed by atoms with Crippen molar-refractivity contribution in [1.82, 2.24) is 9.78 Å². The molecule has 2 rings (SSSR count). The molecule has 0 spiro atoms. The number of nitrogens with two attached hydrogens (primary N) is 1. The van der Waals surface area contributed by atoms with Crippen molar-refractivity contribution in [2.45, 2.75) is 45.8 Å². The van der Waals surface area contributed by atoms with Gasteiger partial charge in [-0.15, -0.1) is 0 Å². The summed E-state index contributed by atoms with van der Waals surface area (Å²) < 4.78 is 1.89. The van der Waals surface area contributed by atoms with Crippen LogP contribution < -0.4 is 10.6 Å². The van der Waals surface area contributed by atoms with E-state index in [0.717, 1.165) is 18.7 Å². The van der Waals surface area contributed by atoms with Crippen LogP contribution >= 0.6 is 0 Å². The van der Waals surface area contributed by atoms with E-state index in [2.05, 4.69) is 18.9 Å². The Hall–Kier alpha value is -1.36. The molecular weight excluding hydrogens is 216 g/mol. The van der Waals surface area contributed by atoms with Crippen LogP contribution in [0.15, 0.2) is 12.4 Å². The number of anilines is 1. The molecule has 0 aliphatic carbocycles. The minimum absolute atomic E-state index is 0.0130. The lowest BCUT2D eigenvalue weighted by Gasteiger charge is -2.42. The molecule has 0 unspecified atom stereocenters. The van der Waals surface area contributed by atoms with Crippen molar-refractivity contribution in [3.05, 3.63) is 12.4 Å². The van der Waals surface area contributed by atoms with Gasteiger partial charge < -0.3 is 10.6 Å². The fourth-order valence-electron chi connectivity index (χ4n) is 2.00. The molecule has 2 atom stereocenters. The van der Waals surface area contributed by atoms with Gasteiger partial charge in [-0.1, -0.05) is 13.8 Å². The van der Waals surface area contributed by atoms with Crippen molar-refractivity contribution in [2.24, 2.45) is 11.7 Å².